The van der Waals surface area contributed by atoms with E-state index in [1.165, 1.54) is 27.8 Å². The van der Waals surface area contributed by atoms with Crippen LogP contribution < -0.4 is 4.90 Å². The van der Waals surface area contributed by atoms with Crippen molar-refractivity contribution in [2.24, 2.45) is 0 Å². The lowest BCUT2D eigenvalue weighted by Gasteiger charge is -2.28. The highest BCUT2D eigenvalue weighted by Gasteiger charge is 2.35. The summed E-state index contributed by atoms with van der Waals surface area (Å²) in [5.74, 6) is 0. The van der Waals surface area contributed by atoms with E-state index < -0.39 is 6.04 Å². The summed E-state index contributed by atoms with van der Waals surface area (Å²) in [6.45, 7) is 4.63. The highest BCUT2D eigenvalue weighted by molar-refractivity contribution is 6.19. The van der Waals surface area contributed by atoms with Crippen LogP contribution in [0.4, 0.5) is 17.1 Å². The van der Waals surface area contributed by atoms with Gasteiger partial charge in [0.1, 0.15) is 11.2 Å². The Balaban J connectivity index is 1.05. The molecule has 0 atom stereocenters. The molecular formula is C55H39NO. The third kappa shape index (κ3) is 5.40. The van der Waals surface area contributed by atoms with Crippen molar-refractivity contribution in [3.8, 4) is 44.5 Å². The summed E-state index contributed by atoms with van der Waals surface area (Å²) in [6.07, 6.45) is 0. The molecule has 2 heteroatoms. The van der Waals surface area contributed by atoms with E-state index in [1.807, 2.05) is 30.3 Å². The second-order valence-corrected chi connectivity index (χ2v) is 15.4. The van der Waals surface area contributed by atoms with Crippen LogP contribution in [0.15, 0.2) is 204 Å². The van der Waals surface area contributed by atoms with E-state index in [0.717, 1.165) is 60.9 Å². The lowest BCUT2D eigenvalue weighted by atomic mass is 9.82. The molecule has 1 aliphatic carbocycles. The number of furan rings is 1. The van der Waals surface area contributed by atoms with E-state index in [0.29, 0.717) is 11.1 Å². The van der Waals surface area contributed by atoms with Crippen molar-refractivity contribution in [3.63, 3.8) is 0 Å². The van der Waals surface area contributed by atoms with Crippen molar-refractivity contribution in [1.29, 1.82) is 0 Å². The van der Waals surface area contributed by atoms with Gasteiger partial charge in [0.25, 0.3) is 0 Å². The number of hydrogen-bond donors (Lipinski definition) is 0. The van der Waals surface area contributed by atoms with Crippen LogP contribution in [0.5, 0.6) is 0 Å². The van der Waals surface area contributed by atoms with Crippen molar-refractivity contribution in [2.75, 3.05) is 4.90 Å². The number of fused-ring (bicyclic) bond motifs is 8. The standard InChI is InChI=1S/C55H39NO/c1-55(2)51-20-12-11-18-45(51)46-31-30-43(34-52(46)55)56(41-26-21-38(22-27-41)36-13-5-3-6-14-36)42-28-23-39(24-29-42)48-35-50-49-33-40(37-15-7-4-8-16-37)25-32-53(49)57-54(50)47-19-10-9-17-44(47)48/h3-35H,1-2H3/i4D,7D,8D,15D,16D. The number of hydrogen-bond acceptors (Lipinski definition) is 2. The van der Waals surface area contributed by atoms with Gasteiger partial charge in [-0.2, -0.15) is 0 Å². The molecule has 1 aromatic heterocycles. The molecule has 11 rings (SSSR count). The van der Waals surface area contributed by atoms with Gasteiger partial charge < -0.3 is 9.32 Å². The normalized spacial score (nSPS) is 14.1. The lowest BCUT2D eigenvalue weighted by molar-refractivity contribution is 0.660. The second kappa shape index (κ2) is 13.0. The minimum absolute atomic E-state index is 0.152. The van der Waals surface area contributed by atoms with Gasteiger partial charge in [-0.3, -0.25) is 0 Å². The molecule has 10 aromatic rings. The predicted octanol–water partition coefficient (Wildman–Crippen LogP) is 15.5. The van der Waals surface area contributed by atoms with Crippen molar-refractivity contribution < 1.29 is 11.3 Å². The Morgan fingerprint density at radius 3 is 1.81 bits per heavy atom. The minimum Gasteiger partial charge on any atom is -0.455 e. The Hall–Kier alpha value is -7.16. The van der Waals surface area contributed by atoms with Gasteiger partial charge in [-0.1, -0.05) is 159 Å². The van der Waals surface area contributed by atoms with Crippen molar-refractivity contribution in [2.45, 2.75) is 19.3 Å². The topological polar surface area (TPSA) is 16.4 Å². The van der Waals surface area contributed by atoms with Crippen LogP contribution in [-0.2, 0) is 5.41 Å². The molecule has 0 spiro atoms. The fourth-order valence-electron chi connectivity index (χ4n) is 8.89. The summed E-state index contributed by atoms with van der Waals surface area (Å²) >= 11 is 0. The maximum Gasteiger partial charge on any atom is 0.143 e. The SMILES string of the molecule is [2H]c1c([2H])c([2H])c(-c2ccc3oc4c5ccccc5c(-c5ccc(N(c6ccc(-c7ccccc7)cc6)c6ccc7c(c6)C(C)(C)c6ccccc6-7)cc5)cc4c3c2)c([2H])c1[2H]. The molecule has 0 bridgehead atoms. The van der Waals surface area contributed by atoms with Gasteiger partial charge in [0.05, 0.1) is 6.85 Å². The molecule has 270 valence electrons. The largest absolute Gasteiger partial charge is 0.455 e. The zero-order valence-electron chi connectivity index (χ0n) is 36.5. The van der Waals surface area contributed by atoms with E-state index in [2.05, 4.69) is 152 Å². The maximum absolute atomic E-state index is 8.64. The van der Waals surface area contributed by atoms with Crippen molar-refractivity contribution in [3.05, 3.63) is 211 Å². The molecule has 57 heavy (non-hydrogen) atoms. The number of benzene rings is 9. The highest BCUT2D eigenvalue weighted by atomic mass is 16.3. The summed E-state index contributed by atoms with van der Waals surface area (Å²) in [6, 6.07) is 57.9. The molecule has 9 aromatic carbocycles. The Morgan fingerprint density at radius 1 is 0.421 bits per heavy atom. The highest BCUT2D eigenvalue weighted by Crippen LogP contribution is 2.51. The summed E-state index contributed by atoms with van der Waals surface area (Å²) in [5, 5.41) is 3.70. The third-order valence-electron chi connectivity index (χ3n) is 11.8. The molecular weight excluding hydrogens is 691 g/mol. The summed E-state index contributed by atoms with van der Waals surface area (Å²) in [4.78, 5) is 2.34. The maximum atomic E-state index is 8.64. The Labute approximate surface area is 339 Å². The Bertz CT molecular complexity index is 3400. The first-order chi connectivity index (χ1) is 30.1. The van der Waals surface area contributed by atoms with Crippen LogP contribution in [0.1, 0.15) is 31.8 Å². The number of nitrogens with zero attached hydrogens (tertiary/aromatic N) is 1. The summed E-state index contributed by atoms with van der Waals surface area (Å²) in [5.41, 5.74) is 14.7. The van der Waals surface area contributed by atoms with E-state index in [-0.39, 0.29) is 35.1 Å². The Morgan fingerprint density at radius 2 is 1.04 bits per heavy atom. The van der Waals surface area contributed by atoms with E-state index in [9.17, 15) is 0 Å². The number of rotatable bonds is 6. The minimum atomic E-state index is -0.410. The van der Waals surface area contributed by atoms with Gasteiger partial charge in [-0.25, -0.2) is 0 Å². The van der Waals surface area contributed by atoms with Crippen LogP contribution in [-0.4, -0.2) is 0 Å². The fraction of sp³-hybridized carbons (Fsp3) is 0.0545. The van der Waals surface area contributed by atoms with E-state index in [4.69, 9.17) is 11.3 Å². The summed E-state index contributed by atoms with van der Waals surface area (Å²) < 4.78 is 48.5. The van der Waals surface area contributed by atoms with Crippen molar-refractivity contribution in [1.82, 2.24) is 0 Å². The first-order valence-electron chi connectivity index (χ1n) is 21.8. The summed E-state index contributed by atoms with van der Waals surface area (Å²) in [7, 11) is 0. The molecule has 0 fully saturated rings. The fourth-order valence-corrected chi connectivity index (χ4v) is 8.89. The van der Waals surface area contributed by atoms with Gasteiger partial charge >= 0.3 is 0 Å². The van der Waals surface area contributed by atoms with Gasteiger partial charge in [0.2, 0.25) is 0 Å². The average molecular weight is 735 g/mol. The van der Waals surface area contributed by atoms with E-state index >= 15 is 0 Å². The smallest absolute Gasteiger partial charge is 0.143 e. The zero-order chi connectivity index (χ0) is 42.4. The molecule has 0 N–H and O–H groups in total. The van der Waals surface area contributed by atoms with Gasteiger partial charge in [0, 0.05) is 38.6 Å². The van der Waals surface area contributed by atoms with E-state index in [1.54, 1.807) is 6.07 Å². The quantitative estimate of drug-likeness (QED) is 0.169. The number of anilines is 3. The van der Waals surface area contributed by atoms with Crippen LogP contribution in [0.2, 0.25) is 0 Å². The molecule has 0 amide bonds. The van der Waals surface area contributed by atoms with Crippen LogP contribution in [0, 0.1) is 0 Å². The lowest BCUT2D eigenvalue weighted by Crippen LogP contribution is -2.16. The molecule has 0 saturated heterocycles. The molecule has 0 unspecified atom stereocenters. The second-order valence-electron chi connectivity index (χ2n) is 15.4. The van der Waals surface area contributed by atoms with Gasteiger partial charge in [0.15, 0.2) is 0 Å². The van der Waals surface area contributed by atoms with Gasteiger partial charge in [-0.05, 0) is 116 Å². The molecule has 2 nitrogen and oxygen atoms in total. The molecule has 0 saturated carbocycles. The molecule has 1 aliphatic rings. The van der Waals surface area contributed by atoms with Crippen LogP contribution >= 0.6 is 0 Å². The van der Waals surface area contributed by atoms with Gasteiger partial charge in [-0.15, -0.1) is 0 Å². The molecule has 0 radical (unpaired) electrons. The third-order valence-corrected chi connectivity index (χ3v) is 11.8. The Kier molecular flexibility index (Phi) is 6.43. The van der Waals surface area contributed by atoms with Crippen LogP contribution in [0.3, 0.4) is 0 Å². The van der Waals surface area contributed by atoms with Crippen LogP contribution in [0.25, 0.3) is 77.2 Å². The molecule has 1 heterocycles. The average Bonchev–Trinajstić information content (AvgIpc) is 3.79. The van der Waals surface area contributed by atoms with Crippen molar-refractivity contribution >= 4 is 49.8 Å². The first kappa shape index (κ1) is 28.3. The molecule has 0 aliphatic heterocycles. The first-order valence-corrected chi connectivity index (χ1v) is 19.3. The zero-order valence-corrected chi connectivity index (χ0v) is 31.5. The monoisotopic (exact) mass is 734 g/mol. The predicted molar refractivity (Wildman–Crippen MR) is 240 cm³/mol.